The summed E-state index contributed by atoms with van der Waals surface area (Å²) in [6.07, 6.45) is 0.278. The summed E-state index contributed by atoms with van der Waals surface area (Å²) < 4.78 is 10.4. The van der Waals surface area contributed by atoms with E-state index in [-0.39, 0.29) is 19.1 Å². The molecule has 1 rings (SSSR count). The second kappa shape index (κ2) is 9.78. The first-order chi connectivity index (χ1) is 10.6. The molecule has 0 heterocycles. The van der Waals surface area contributed by atoms with Crippen LogP contribution in [-0.2, 0) is 20.9 Å². The molecule has 122 valence electrons. The number of hydrogen-bond acceptors (Lipinski definition) is 4. The van der Waals surface area contributed by atoms with Gasteiger partial charge in [-0.3, -0.25) is 4.79 Å². The maximum absolute atomic E-state index is 11.9. The third-order valence-corrected chi connectivity index (χ3v) is 3.24. The molecule has 0 aliphatic carbocycles. The van der Waals surface area contributed by atoms with Crippen LogP contribution in [0.1, 0.15) is 31.7 Å². The van der Waals surface area contributed by atoms with Crippen molar-refractivity contribution in [3.63, 3.8) is 0 Å². The quantitative estimate of drug-likeness (QED) is 0.732. The van der Waals surface area contributed by atoms with Gasteiger partial charge in [0.15, 0.2) is 0 Å². The lowest BCUT2D eigenvalue weighted by molar-refractivity contribution is -0.138. The first kappa shape index (κ1) is 18.0. The molecule has 0 aromatic heterocycles. The second-order valence-electron chi connectivity index (χ2n) is 4.97. The van der Waals surface area contributed by atoms with Crippen LogP contribution in [0, 0.1) is 0 Å². The third kappa shape index (κ3) is 6.58. The Labute approximate surface area is 130 Å². The van der Waals surface area contributed by atoms with Crippen LogP contribution < -0.4 is 5.32 Å². The molecule has 1 amide bonds. The van der Waals surface area contributed by atoms with Gasteiger partial charge in [0.05, 0.1) is 18.6 Å². The van der Waals surface area contributed by atoms with Gasteiger partial charge in [0.1, 0.15) is 6.61 Å². The predicted octanol–water partition coefficient (Wildman–Crippen LogP) is 2.57. The van der Waals surface area contributed by atoms with E-state index < -0.39 is 18.1 Å². The molecule has 0 radical (unpaired) electrons. The predicted molar refractivity (Wildman–Crippen MR) is 81.5 cm³/mol. The standard InChI is InChI=1S/C16H23NO5/c1-3-7-14(21-2)13(10-15(18)19)17-16(20)22-11-12-8-5-4-6-9-12/h4-6,8-9,13-14H,3,7,10-11H2,1-2H3,(H,17,20)(H,18,19). The van der Waals surface area contributed by atoms with Gasteiger partial charge in [0.25, 0.3) is 0 Å². The van der Waals surface area contributed by atoms with E-state index in [0.29, 0.717) is 6.42 Å². The maximum atomic E-state index is 11.9. The summed E-state index contributed by atoms with van der Waals surface area (Å²) in [5.41, 5.74) is 0.865. The van der Waals surface area contributed by atoms with Gasteiger partial charge in [0.2, 0.25) is 0 Å². The minimum Gasteiger partial charge on any atom is -0.481 e. The van der Waals surface area contributed by atoms with Crippen LogP contribution in [0.15, 0.2) is 30.3 Å². The van der Waals surface area contributed by atoms with Gasteiger partial charge in [0, 0.05) is 7.11 Å². The highest BCUT2D eigenvalue weighted by atomic mass is 16.5. The average molecular weight is 309 g/mol. The van der Waals surface area contributed by atoms with Crippen LogP contribution in [0.2, 0.25) is 0 Å². The molecule has 1 aromatic rings. The van der Waals surface area contributed by atoms with Crippen molar-refractivity contribution in [3.05, 3.63) is 35.9 Å². The molecule has 22 heavy (non-hydrogen) atoms. The fourth-order valence-corrected chi connectivity index (χ4v) is 2.15. The van der Waals surface area contributed by atoms with Crippen molar-refractivity contribution in [1.29, 1.82) is 0 Å². The number of rotatable bonds is 9. The monoisotopic (exact) mass is 309 g/mol. The summed E-state index contributed by atoms with van der Waals surface area (Å²) in [6, 6.07) is 8.65. The highest BCUT2D eigenvalue weighted by molar-refractivity contribution is 5.71. The van der Waals surface area contributed by atoms with E-state index in [0.717, 1.165) is 12.0 Å². The fourth-order valence-electron chi connectivity index (χ4n) is 2.15. The largest absolute Gasteiger partial charge is 0.481 e. The van der Waals surface area contributed by atoms with Crippen molar-refractivity contribution in [3.8, 4) is 0 Å². The number of alkyl carbamates (subject to hydrolysis) is 1. The van der Waals surface area contributed by atoms with Crippen LogP contribution in [-0.4, -0.2) is 36.4 Å². The molecule has 2 N–H and O–H groups in total. The van der Waals surface area contributed by atoms with E-state index in [9.17, 15) is 9.59 Å². The molecular formula is C16H23NO5. The number of carbonyl (C=O) groups excluding carboxylic acids is 1. The summed E-state index contributed by atoms with van der Waals surface area (Å²) in [7, 11) is 1.51. The molecule has 0 aliphatic rings. The SMILES string of the molecule is CCCC(OC)C(CC(=O)O)NC(=O)OCc1ccccc1. The second-order valence-corrected chi connectivity index (χ2v) is 4.97. The van der Waals surface area contributed by atoms with Gasteiger partial charge < -0.3 is 19.9 Å². The van der Waals surface area contributed by atoms with Gasteiger partial charge in [-0.15, -0.1) is 0 Å². The van der Waals surface area contributed by atoms with Crippen molar-refractivity contribution >= 4 is 12.1 Å². The molecule has 6 heteroatoms. The van der Waals surface area contributed by atoms with E-state index in [2.05, 4.69) is 5.32 Å². The van der Waals surface area contributed by atoms with E-state index >= 15 is 0 Å². The summed E-state index contributed by atoms with van der Waals surface area (Å²) in [6.45, 7) is 2.11. The highest BCUT2D eigenvalue weighted by Crippen LogP contribution is 2.11. The van der Waals surface area contributed by atoms with E-state index in [1.165, 1.54) is 7.11 Å². The van der Waals surface area contributed by atoms with Crippen LogP contribution in [0.25, 0.3) is 0 Å². The van der Waals surface area contributed by atoms with Crippen molar-refractivity contribution in [1.82, 2.24) is 5.32 Å². The van der Waals surface area contributed by atoms with Gasteiger partial charge in [-0.25, -0.2) is 4.79 Å². The Hall–Kier alpha value is -2.08. The van der Waals surface area contributed by atoms with E-state index in [1.54, 1.807) is 0 Å². The topological polar surface area (TPSA) is 84.9 Å². The number of benzene rings is 1. The minimum absolute atomic E-state index is 0.137. The fraction of sp³-hybridized carbons (Fsp3) is 0.500. The Balaban J connectivity index is 2.56. The first-order valence-electron chi connectivity index (χ1n) is 7.28. The lowest BCUT2D eigenvalue weighted by atomic mass is 10.0. The summed E-state index contributed by atoms with van der Waals surface area (Å²) in [4.78, 5) is 22.8. The van der Waals surface area contributed by atoms with Gasteiger partial charge >= 0.3 is 12.1 Å². The van der Waals surface area contributed by atoms with Gasteiger partial charge in [-0.1, -0.05) is 43.7 Å². The zero-order valence-corrected chi connectivity index (χ0v) is 13.0. The number of amides is 1. The van der Waals surface area contributed by atoms with Crippen LogP contribution >= 0.6 is 0 Å². The smallest absolute Gasteiger partial charge is 0.407 e. The molecule has 0 bridgehead atoms. The van der Waals surface area contributed by atoms with E-state index in [1.807, 2.05) is 37.3 Å². The minimum atomic E-state index is -0.994. The van der Waals surface area contributed by atoms with Gasteiger partial charge in [-0.2, -0.15) is 0 Å². The molecule has 1 aromatic carbocycles. The Morgan fingerprint density at radius 1 is 1.27 bits per heavy atom. The molecule has 6 nitrogen and oxygen atoms in total. The molecule has 0 saturated carbocycles. The summed E-state index contributed by atoms with van der Waals surface area (Å²) in [5.74, 6) is -0.994. The van der Waals surface area contributed by atoms with Crippen LogP contribution in [0.3, 0.4) is 0 Å². The molecule has 0 fully saturated rings. The van der Waals surface area contributed by atoms with Crippen LogP contribution in [0.4, 0.5) is 4.79 Å². The normalized spacial score (nSPS) is 13.2. The Morgan fingerprint density at radius 2 is 1.95 bits per heavy atom. The number of methoxy groups -OCH3 is 1. The number of aliphatic carboxylic acids is 1. The maximum Gasteiger partial charge on any atom is 0.407 e. The summed E-state index contributed by atoms with van der Waals surface area (Å²) >= 11 is 0. The van der Waals surface area contributed by atoms with Crippen molar-refractivity contribution in [2.75, 3.05) is 7.11 Å². The lowest BCUT2D eigenvalue weighted by Crippen LogP contribution is -2.45. The van der Waals surface area contributed by atoms with E-state index in [4.69, 9.17) is 14.6 Å². The molecule has 2 unspecified atom stereocenters. The number of hydrogen-bond donors (Lipinski definition) is 2. The molecule has 0 aliphatic heterocycles. The zero-order valence-electron chi connectivity index (χ0n) is 13.0. The number of carbonyl (C=O) groups is 2. The first-order valence-corrected chi connectivity index (χ1v) is 7.28. The molecule has 0 spiro atoms. The molecule has 2 atom stereocenters. The number of nitrogens with one attached hydrogen (secondary N) is 1. The Kier molecular flexibility index (Phi) is 7.99. The summed E-state index contributed by atoms with van der Waals surface area (Å²) in [5, 5.41) is 11.6. The number of ether oxygens (including phenoxy) is 2. The van der Waals surface area contributed by atoms with Crippen molar-refractivity contribution in [2.45, 2.75) is 44.9 Å². The molecule has 0 saturated heterocycles. The average Bonchev–Trinajstić information content (AvgIpc) is 2.50. The Morgan fingerprint density at radius 3 is 2.50 bits per heavy atom. The Bertz CT molecular complexity index is 463. The number of carboxylic acids is 1. The molecular weight excluding hydrogens is 286 g/mol. The van der Waals surface area contributed by atoms with Gasteiger partial charge in [-0.05, 0) is 12.0 Å². The number of carboxylic acid groups (broad SMARTS) is 1. The highest BCUT2D eigenvalue weighted by Gasteiger charge is 2.25. The lowest BCUT2D eigenvalue weighted by Gasteiger charge is -2.25. The third-order valence-electron chi connectivity index (χ3n) is 3.24. The zero-order chi connectivity index (χ0) is 16.4. The van der Waals surface area contributed by atoms with Crippen LogP contribution in [0.5, 0.6) is 0 Å². The van der Waals surface area contributed by atoms with Crippen molar-refractivity contribution < 1.29 is 24.2 Å². The van der Waals surface area contributed by atoms with Crippen molar-refractivity contribution in [2.24, 2.45) is 0 Å².